The van der Waals surface area contributed by atoms with Crippen molar-refractivity contribution in [3.8, 4) is 0 Å². The summed E-state index contributed by atoms with van der Waals surface area (Å²) >= 11 is 11.5. The molecule has 1 N–H and O–H groups in total. The van der Waals surface area contributed by atoms with Gasteiger partial charge in [-0.15, -0.1) is 0 Å². The smallest absolute Gasteiger partial charge is 0.207 e. The summed E-state index contributed by atoms with van der Waals surface area (Å²) in [6.07, 6.45) is 0. The van der Waals surface area contributed by atoms with Crippen LogP contribution >= 0.6 is 23.2 Å². The molecule has 3 nitrogen and oxygen atoms in total. The summed E-state index contributed by atoms with van der Waals surface area (Å²) in [5, 5.41) is 1.11. The predicted octanol–water partition coefficient (Wildman–Crippen LogP) is 3.47. The molecule has 0 saturated carbocycles. The monoisotopic (exact) mass is 315 g/mol. The van der Waals surface area contributed by atoms with Crippen molar-refractivity contribution in [3.05, 3.63) is 64.1 Å². The predicted molar refractivity (Wildman–Crippen MR) is 76.9 cm³/mol. The van der Waals surface area contributed by atoms with Crippen molar-refractivity contribution >= 4 is 33.2 Å². The maximum atomic E-state index is 12.0. The van der Waals surface area contributed by atoms with Gasteiger partial charge in [0.2, 0.25) is 10.0 Å². The van der Waals surface area contributed by atoms with E-state index in [1.165, 1.54) is 12.1 Å². The molecule has 0 bridgehead atoms. The fourth-order valence-corrected chi connectivity index (χ4v) is 2.75. The third-order valence-electron chi connectivity index (χ3n) is 2.50. The minimum Gasteiger partial charge on any atom is -0.207 e. The largest absolute Gasteiger partial charge is 0.240 e. The second-order valence-corrected chi connectivity index (χ2v) is 6.54. The normalized spacial score (nSPS) is 11.5. The molecule has 100 valence electrons. The quantitative estimate of drug-likeness (QED) is 0.939. The maximum Gasteiger partial charge on any atom is 0.240 e. The molecule has 0 aliphatic heterocycles. The van der Waals surface area contributed by atoms with E-state index < -0.39 is 10.0 Å². The summed E-state index contributed by atoms with van der Waals surface area (Å²) in [5.41, 5.74) is 0.835. The van der Waals surface area contributed by atoms with Gasteiger partial charge in [-0.3, -0.25) is 0 Å². The summed E-state index contributed by atoms with van der Waals surface area (Å²) in [6.45, 7) is 0.210. The first-order valence-electron chi connectivity index (χ1n) is 5.47. The minimum absolute atomic E-state index is 0.186. The number of nitrogens with one attached hydrogen (secondary N) is 1. The van der Waals surface area contributed by atoms with E-state index in [1.807, 2.05) is 0 Å². The summed E-state index contributed by atoms with van der Waals surface area (Å²) < 4.78 is 26.5. The van der Waals surface area contributed by atoms with E-state index in [2.05, 4.69) is 4.72 Å². The molecule has 0 aromatic heterocycles. The van der Waals surface area contributed by atoms with Crippen LogP contribution in [0.1, 0.15) is 5.56 Å². The van der Waals surface area contributed by atoms with Crippen LogP contribution in [0.4, 0.5) is 0 Å². The Morgan fingerprint density at radius 3 is 1.84 bits per heavy atom. The maximum absolute atomic E-state index is 12.0. The molecule has 0 spiro atoms. The van der Waals surface area contributed by atoms with Gasteiger partial charge < -0.3 is 0 Å². The summed E-state index contributed by atoms with van der Waals surface area (Å²) in [6, 6.07) is 13.0. The van der Waals surface area contributed by atoms with Crippen LogP contribution in [0.2, 0.25) is 10.0 Å². The van der Waals surface area contributed by atoms with Crippen molar-refractivity contribution in [3.63, 3.8) is 0 Å². The topological polar surface area (TPSA) is 46.2 Å². The molecule has 0 heterocycles. The van der Waals surface area contributed by atoms with Crippen LogP contribution in [0, 0.1) is 0 Å². The van der Waals surface area contributed by atoms with Crippen LogP contribution in [0.25, 0.3) is 0 Å². The van der Waals surface area contributed by atoms with Crippen LogP contribution in [0.5, 0.6) is 0 Å². The number of hydrogen-bond acceptors (Lipinski definition) is 2. The van der Waals surface area contributed by atoms with Gasteiger partial charge in [0.15, 0.2) is 0 Å². The lowest BCUT2D eigenvalue weighted by Crippen LogP contribution is -2.23. The van der Waals surface area contributed by atoms with E-state index in [-0.39, 0.29) is 11.4 Å². The molecule has 0 unspecified atom stereocenters. The Labute approximate surface area is 122 Å². The first kappa shape index (κ1) is 14.3. The molecule has 6 heteroatoms. The van der Waals surface area contributed by atoms with Gasteiger partial charge in [0, 0.05) is 16.6 Å². The number of benzene rings is 2. The van der Waals surface area contributed by atoms with E-state index in [9.17, 15) is 8.42 Å². The van der Waals surface area contributed by atoms with Crippen molar-refractivity contribution < 1.29 is 8.42 Å². The van der Waals surface area contributed by atoms with Crippen molar-refractivity contribution in [2.24, 2.45) is 0 Å². The molecule has 2 aromatic rings. The van der Waals surface area contributed by atoms with Crippen LogP contribution < -0.4 is 4.72 Å². The van der Waals surface area contributed by atoms with Crippen LogP contribution in [0.3, 0.4) is 0 Å². The van der Waals surface area contributed by atoms with Crippen molar-refractivity contribution in [2.75, 3.05) is 0 Å². The second-order valence-electron chi connectivity index (χ2n) is 3.90. The highest BCUT2D eigenvalue weighted by Gasteiger charge is 2.13. The summed E-state index contributed by atoms with van der Waals surface area (Å²) in [5.74, 6) is 0. The fraction of sp³-hybridized carbons (Fsp3) is 0.0769. The van der Waals surface area contributed by atoms with E-state index in [1.54, 1.807) is 36.4 Å². The molecule has 0 radical (unpaired) electrons. The highest BCUT2D eigenvalue weighted by atomic mass is 35.5. The number of halogens is 2. The summed E-state index contributed by atoms with van der Waals surface area (Å²) in [7, 11) is -3.53. The number of hydrogen-bond donors (Lipinski definition) is 1. The first-order valence-corrected chi connectivity index (χ1v) is 7.71. The average molecular weight is 316 g/mol. The van der Waals surface area contributed by atoms with Crippen LogP contribution in [0.15, 0.2) is 53.4 Å². The molecule has 0 fully saturated rings. The van der Waals surface area contributed by atoms with Gasteiger partial charge in [0.05, 0.1) is 4.90 Å². The Bertz CT molecular complexity index is 652. The van der Waals surface area contributed by atoms with Crippen LogP contribution in [-0.2, 0) is 16.6 Å². The van der Waals surface area contributed by atoms with Crippen molar-refractivity contribution in [2.45, 2.75) is 11.4 Å². The zero-order valence-corrected chi connectivity index (χ0v) is 12.1. The first-order chi connectivity index (χ1) is 8.97. The van der Waals surface area contributed by atoms with Gasteiger partial charge in [0.1, 0.15) is 0 Å². The summed E-state index contributed by atoms with van der Waals surface area (Å²) in [4.78, 5) is 0.186. The van der Waals surface area contributed by atoms with E-state index in [4.69, 9.17) is 23.2 Å². The minimum atomic E-state index is -3.53. The Kier molecular flexibility index (Phi) is 4.47. The van der Waals surface area contributed by atoms with Gasteiger partial charge >= 0.3 is 0 Å². The number of rotatable bonds is 4. The van der Waals surface area contributed by atoms with Crippen molar-refractivity contribution in [1.82, 2.24) is 4.72 Å². The highest BCUT2D eigenvalue weighted by molar-refractivity contribution is 7.89. The second kappa shape index (κ2) is 5.92. The Morgan fingerprint density at radius 1 is 0.842 bits per heavy atom. The molecule has 0 aliphatic carbocycles. The zero-order valence-electron chi connectivity index (χ0n) is 9.81. The molecule has 2 aromatic carbocycles. The lowest BCUT2D eigenvalue weighted by atomic mass is 10.2. The molecular formula is C13H11Cl2NO2S. The van der Waals surface area contributed by atoms with Crippen LogP contribution in [-0.4, -0.2) is 8.42 Å². The van der Waals surface area contributed by atoms with Crippen molar-refractivity contribution in [1.29, 1.82) is 0 Å². The molecule has 0 atom stereocenters. The van der Waals surface area contributed by atoms with E-state index in [0.717, 1.165) is 5.56 Å². The molecule has 0 amide bonds. The van der Waals surface area contributed by atoms with Gasteiger partial charge in [-0.05, 0) is 42.0 Å². The highest BCUT2D eigenvalue weighted by Crippen LogP contribution is 2.15. The Balaban J connectivity index is 2.09. The average Bonchev–Trinajstić information content (AvgIpc) is 2.39. The molecule has 2 rings (SSSR count). The Hall–Kier alpha value is -1.07. The van der Waals surface area contributed by atoms with Gasteiger partial charge in [0.25, 0.3) is 0 Å². The third-order valence-corrected chi connectivity index (χ3v) is 4.42. The van der Waals surface area contributed by atoms with E-state index >= 15 is 0 Å². The van der Waals surface area contributed by atoms with Gasteiger partial charge in [-0.25, -0.2) is 13.1 Å². The molecule has 0 saturated heterocycles. The molecule has 0 aliphatic rings. The molecule has 19 heavy (non-hydrogen) atoms. The van der Waals surface area contributed by atoms with Gasteiger partial charge in [-0.2, -0.15) is 0 Å². The zero-order chi connectivity index (χ0) is 13.9. The molecular weight excluding hydrogens is 305 g/mol. The standard InChI is InChI=1S/C13H11Cl2NO2S/c14-11-3-1-10(2-4-11)9-16-19(17,18)13-7-5-12(15)6-8-13/h1-8,16H,9H2. The Morgan fingerprint density at radius 2 is 1.32 bits per heavy atom. The number of sulfonamides is 1. The van der Waals surface area contributed by atoms with E-state index in [0.29, 0.717) is 10.0 Å². The lowest BCUT2D eigenvalue weighted by molar-refractivity contribution is 0.581. The lowest BCUT2D eigenvalue weighted by Gasteiger charge is -2.07. The fourth-order valence-electron chi connectivity index (χ4n) is 1.48. The third kappa shape index (κ3) is 3.94. The SMILES string of the molecule is O=S(=O)(NCc1ccc(Cl)cc1)c1ccc(Cl)cc1. The van der Waals surface area contributed by atoms with Gasteiger partial charge in [-0.1, -0.05) is 35.3 Å².